The topological polar surface area (TPSA) is 105 Å². The molecule has 1 heterocycles. The number of carbonyl (C=O) groups is 3. The molecule has 0 aromatic heterocycles. The van der Waals surface area contributed by atoms with E-state index in [9.17, 15) is 18.8 Å². The molecule has 0 saturated carbocycles. The van der Waals surface area contributed by atoms with Crippen molar-refractivity contribution in [3.05, 3.63) is 59.4 Å². The first-order chi connectivity index (χ1) is 15.2. The van der Waals surface area contributed by atoms with E-state index in [1.165, 1.54) is 49.4 Å². The number of carboxylic acids is 1. The monoisotopic (exact) mass is 458 g/mol. The molecule has 0 spiro atoms. The number of para-hydroxylation sites is 1. The van der Waals surface area contributed by atoms with Gasteiger partial charge in [0.2, 0.25) is 0 Å². The van der Waals surface area contributed by atoms with Gasteiger partial charge in [0.15, 0.2) is 22.7 Å². The van der Waals surface area contributed by atoms with Crippen LogP contribution < -0.4 is 19.7 Å². The summed E-state index contributed by atoms with van der Waals surface area (Å²) >= 11 is 5.07. The van der Waals surface area contributed by atoms with Gasteiger partial charge in [-0.05, 0) is 62.0 Å². The molecule has 2 amide bonds. The fourth-order valence-corrected chi connectivity index (χ4v) is 3.17. The smallest absolute Gasteiger partial charge is 0.344 e. The summed E-state index contributed by atoms with van der Waals surface area (Å²) in [5, 5.41) is 11.2. The predicted octanol–water partition coefficient (Wildman–Crippen LogP) is 2.91. The standard InChI is InChI=1S/C22H19FN2O6S/c1-3-30-18-11-13(8-9-17(18)31-12(2)21(28)29)10-14-19(26)24-22(32)25(20(14)27)16-7-5-4-6-15(16)23/h4-12H,3H2,1-2H3,(H,28,29)(H,24,26,32). The second-order valence-electron chi connectivity index (χ2n) is 6.65. The lowest BCUT2D eigenvalue weighted by atomic mass is 10.1. The SMILES string of the molecule is CCOc1cc(C=C2C(=O)NC(=S)N(c3ccccc3F)C2=O)ccc1OC(C)C(=O)O. The lowest BCUT2D eigenvalue weighted by molar-refractivity contribution is -0.144. The number of hydrogen-bond acceptors (Lipinski definition) is 6. The summed E-state index contributed by atoms with van der Waals surface area (Å²) in [5.41, 5.74) is 0.0512. The molecule has 2 aromatic rings. The van der Waals surface area contributed by atoms with Gasteiger partial charge in [-0.1, -0.05) is 18.2 Å². The Morgan fingerprint density at radius 2 is 1.97 bits per heavy atom. The minimum atomic E-state index is -1.15. The molecule has 0 bridgehead atoms. The maximum absolute atomic E-state index is 14.3. The Morgan fingerprint density at radius 3 is 2.62 bits per heavy atom. The van der Waals surface area contributed by atoms with Crippen molar-refractivity contribution in [3.8, 4) is 11.5 Å². The number of thiocarbonyl (C=S) groups is 1. The van der Waals surface area contributed by atoms with Crippen molar-refractivity contribution in [3.63, 3.8) is 0 Å². The molecule has 1 fully saturated rings. The molecule has 166 valence electrons. The Labute approximate surface area is 188 Å². The van der Waals surface area contributed by atoms with E-state index in [0.29, 0.717) is 5.56 Å². The number of nitrogens with one attached hydrogen (secondary N) is 1. The lowest BCUT2D eigenvalue weighted by Crippen LogP contribution is -2.54. The summed E-state index contributed by atoms with van der Waals surface area (Å²) in [6.45, 7) is 3.38. The molecule has 10 heteroatoms. The highest BCUT2D eigenvalue weighted by Gasteiger charge is 2.35. The summed E-state index contributed by atoms with van der Waals surface area (Å²) in [4.78, 5) is 37.5. The van der Waals surface area contributed by atoms with E-state index in [2.05, 4.69) is 5.32 Å². The number of anilines is 1. The van der Waals surface area contributed by atoms with Crippen LogP contribution in [0.5, 0.6) is 11.5 Å². The van der Waals surface area contributed by atoms with Crippen LogP contribution in [-0.4, -0.2) is 40.7 Å². The normalized spacial score (nSPS) is 16.0. The number of hydrogen-bond donors (Lipinski definition) is 2. The van der Waals surface area contributed by atoms with Crippen LogP contribution in [0.25, 0.3) is 6.08 Å². The number of rotatable bonds is 7. The van der Waals surface area contributed by atoms with E-state index in [1.807, 2.05) is 0 Å². The van der Waals surface area contributed by atoms with Gasteiger partial charge in [-0.2, -0.15) is 0 Å². The van der Waals surface area contributed by atoms with E-state index >= 15 is 0 Å². The molecular formula is C22H19FN2O6S. The van der Waals surface area contributed by atoms with E-state index in [0.717, 1.165) is 4.90 Å². The van der Waals surface area contributed by atoms with E-state index in [4.69, 9.17) is 26.8 Å². The van der Waals surface area contributed by atoms with Gasteiger partial charge in [0, 0.05) is 0 Å². The van der Waals surface area contributed by atoms with Crippen molar-refractivity contribution in [1.29, 1.82) is 0 Å². The van der Waals surface area contributed by atoms with Crippen molar-refractivity contribution in [2.24, 2.45) is 0 Å². The molecule has 1 saturated heterocycles. The molecule has 0 aliphatic carbocycles. The van der Waals surface area contributed by atoms with Crippen LogP contribution in [0, 0.1) is 5.82 Å². The van der Waals surface area contributed by atoms with Gasteiger partial charge in [-0.25, -0.2) is 14.1 Å². The highest BCUT2D eigenvalue weighted by Crippen LogP contribution is 2.31. The Hall–Kier alpha value is -3.79. The second-order valence-corrected chi connectivity index (χ2v) is 7.03. The molecule has 32 heavy (non-hydrogen) atoms. The molecule has 8 nitrogen and oxygen atoms in total. The summed E-state index contributed by atoms with van der Waals surface area (Å²) < 4.78 is 25.2. The zero-order chi connectivity index (χ0) is 23.4. The van der Waals surface area contributed by atoms with Crippen LogP contribution in [0.15, 0.2) is 48.0 Å². The molecule has 1 aliphatic heterocycles. The van der Waals surface area contributed by atoms with E-state index < -0.39 is 29.7 Å². The number of halogens is 1. The Balaban J connectivity index is 1.98. The number of nitrogens with zero attached hydrogens (tertiary/aromatic N) is 1. The first-order valence-corrected chi connectivity index (χ1v) is 9.96. The summed E-state index contributed by atoms with van der Waals surface area (Å²) in [5.74, 6) is -2.91. The number of benzene rings is 2. The van der Waals surface area contributed by atoms with Crippen molar-refractivity contribution >= 4 is 46.9 Å². The lowest BCUT2D eigenvalue weighted by Gasteiger charge is -2.29. The van der Waals surface area contributed by atoms with Gasteiger partial charge in [0.25, 0.3) is 11.8 Å². The Bertz CT molecular complexity index is 1130. The van der Waals surface area contributed by atoms with Crippen LogP contribution >= 0.6 is 12.2 Å². The predicted molar refractivity (Wildman–Crippen MR) is 118 cm³/mol. The molecule has 3 rings (SSSR count). The van der Waals surface area contributed by atoms with Gasteiger partial charge in [-0.3, -0.25) is 14.9 Å². The molecule has 2 aromatic carbocycles. The van der Waals surface area contributed by atoms with Gasteiger partial charge in [0.1, 0.15) is 11.4 Å². The molecular weight excluding hydrogens is 439 g/mol. The maximum Gasteiger partial charge on any atom is 0.344 e. The minimum absolute atomic E-state index is 0.0881. The number of carbonyl (C=O) groups excluding carboxylic acids is 2. The van der Waals surface area contributed by atoms with Crippen molar-refractivity contribution < 1.29 is 33.4 Å². The third kappa shape index (κ3) is 4.75. The Kier molecular flexibility index (Phi) is 6.84. The number of amides is 2. The first-order valence-electron chi connectivity index (χ1n) is 9.55. The minimum Gasteiger partial charge on any atom is -0.490 e. The average molecular weight is 458 g/mol. The zero-order valence-corrected chi connectivity index (χ0v) is 17.9. The fraction of sp³-hybridized carbons (Fsp3) is 0.182. The molecule has 1 atom stereocenters. The van der Waals surface area contributed by atoms with Crippen molar-refractivity contribution in [2.45, 2.75) is 20.0 Å². The van der Waals surface area contributed by atoms with E-state index in [1.54, 1.807) is 13.0 Å². The zero-order valence-electron chi connectivity index (χ0n) is 17.1. The highest BCUT2D eigenvalue weighted by molar-refractivity contribution is 7.80. The highest BCUT2D eigenvalue weighted by atomic mass is 32.1. The molecule has 1 unspecified atom stereocenters. The first kappa shape index (κ1) is 22.9. The number of carboxylic acid groups (broad SMARTS) is 1. The average Bonchev–Trinajstić information content (AvgIpc) is 2.74. The summed E-state index contributed by atoms with van der Waals surface area (Å²) in [6, 6.07) is 10.1. The largest absolute Gasteiger partial charge is 0.490 e. The Morgan fingerprint density at radius 1 is 1.25 bits per heavy atom. The molecule has 0 radical (unpaired) electrons. The van der Waals surface area contributed by atoms with Gasteiger partial charge in [0.05, 0.1) is 12.3 Å². The van der Waals surface area contributed by atoms with Crippen molar-refractivity contribution in [2.75, 3.05) is 11.5 Å². The van der Waals surface area contributed by atoms with Crippen LogP contribution in [0.2, 0.25) is 0 Å². The van der Waals surface area contributed by atoms with Crippen LogP contribution in [0.3, 0.4) is 0 Å². The molecule has 2 N–H and O–H groups in total. The van der Waals surface area contributed by atoms with Gasteiger partial charge >= 0.3 is 5.97 Å². The van der Waals surface area contributed by atoms with Crippen LogP contribution in [0.1, 0.15) is 19.4 Å². The van der Waals surface area contributed by atoms with Crippen LogP contribution in [-0.2, 0) is 14.4 Å². The van der Waals surface area contributed by atoms with Crippen LogP contribution in [0.4, 0.5) is 10.1 Å². The van der Waals surface area contributed by atoms with Gasteiger partial charge < -0.3 is 14.6 Å². The van der Waals surface area contributed by atoms with Gasteiger partial charge in [-0.15, -0.1) is 0 Å². The fourth-order valence-electron chi connectivity index (χ4n) is 2.90. The number of aliphatic carboxylic acids is 1. The summed E-state index contributed by atoms with van der Waals surface area (Å²) in [6.07, 6.45) is 0.194. The van der Waals surface area contributed by atoms with E-state index in [-0.39, 0.29) is 34.5 Å². The maximum atomic E-state index is 14.3. The second kappa shape index (κ2) is 9.56. The quantitative estimate of drug-likeness (QED) is 0.373. The third-order valence-electron chi connectivity index (χ3n) is 4.43. The summed E-state index contributed by atoms with van der Waals surface area (Å²) in [7, 11) is 0. The molecule has 1 aliphatic rings. The van der Waals surface area contributed by atoms with Crippen molar-refractivity contribution in [1.82, 2.24) is 5.32 Å². The third-order valence-corrected chi connectivity index (χ3v) is 4.71. The number of ether oxygens (including phenoxy) is 2.